The number of nitrogens with two attached hydrogens (primary N) is 1. The van der Waals surface area contributed by atoms with Crippen LogP contribution in [0.15, 0.2) is 29.4 Å². The normalized spacial score (nSPS) is 14.2. The van der Waals surface area contributed by atoms with Gasteiger partial charge in [0.25, 0.3) is 0 Å². The van der Waals surface area contributed by atoms with E-state index in [1.807, 2.05) is 29.2 Å². The van der Waals surface area contributed by atoms with Crippen molar-refractivity contribution in [2.45, 2.75) is 18.0 Å². The van der Waals surface area contributed by atoms with Crippen molar-refractivity contribution < 1.29 is 9.53 Å². The van der Waals surface area contributed by atoms with Crippen LogP contribution in [0.1, 0.15) is 12.8 Å². The molecule has 1 fully saturated rings. The van der Waals surface area contributed by atoms with Crippen LogP contribution in [-0.2, 0) is 4.79 Å². The molecule has 122 valence electrons. The zero-order chi connectivity index (χ0) is 16.2. The summed E-state index contributed by atoms with van der Waals surface area (Å²) in [6.07, 6.45) is 2.17. The minimum Gasteiger partial charge on any atom is -0.496 e. The minimum atomic E-state index is 0.120. The summed E-state index contributed by atoms with van der Waals surface area (Å²) in [6.45, 7) is 1.70. The topological polar surface area (TPSA) is 86.3 Å². The Morgan fingerprint density at radius 3 is 2.78 bits per heavy atom. The van der Waals surface area contributed by atoms with Gasteiger partial charge in [-0.15, -0.1) is 10.2 Å². The first-order valence-corrected chi connectivity index (χ1v) is 8.43. The maximum absolute atomic E-state index is 12.1. The highest BCUT2D eigenvalue weighted by Gasteiger charge is 2.20. The third-order valence-corrected chi connectivity index (χ3v) is 4.72. The standard InChI is InChI=1S/C15H19N5O2S/c1-22-12-7-3-2-6-11(12)14-17-18-15(20(14)16)23-10-13(21)19-8-4-5-9-19/h2-3,6-7H,4-5,8-10,16H2,1H3. The molecule has 0 spiro atoms. The van der Waals surface area contributed by atoms with Crippen molar-refractivity contribution >= 4 is 17.7 Å². The molecule has 0 bridgehead atoms. The highest BCUT2D eigenvalue weighted by Crippen LogP contribution is 2.29. The first-order chi connectivity index (χ1) is 11.2. The van der Waals surface area contributed by atoms with Gasteiger partial charge in [-0.1, -0.05) is 23.9 Å². The molecule has 2 aromatic rings. The van der Waals surface area contributed by atoms with Gasteiger partial charge in [-0.05, 0) is 25.0 Å². The Morgan fingerprint density at radius 1 is 1.30 bits per heavy atom. The number of hydrogen-bond acceptors (Lipinski definition) is 6. The van der Waals surface area contributed by atoms with E-state index in [-0.39, 0.29) is 5.91 Å². The average Bonchev–Trinajstić information content (AvgIpc) is 3.23. The van der Waals surface area contributed by atoms with Crippen molar-refractivity contribution in [1.82, 2.24) is 19.8 Å². The molecule has 0 saturated carbocycles. The Balaban J connectivity index is 1.73. The second-order valence-electron chi connectivity index (χ2n) is 5.25. The van der Waals surface area contributed by atoms with Crippen molar-refractivity contribution in [1.29, 1.82) is 0 Å². The second-order valence-corrected chi connectivity index (χ2v) is 6.20. The molecule has 2 N–H and O–H groups in total. The van der Waals surface area contributed by atoms with Crippen LogP contribution in [0.5, 0.6) is 5.75 Å². The lowest BCUT2D eigenvalue weighted by Gasteiger charge is -2.14. The summed E-state index contributed by atoms with van der Waals surface area (Å²) in [5.41, 5.74) is 0.766. The van der Waals surface area contributed by atoms with Gasteiger partial charge >= 0.3 is 0 Å². The number of hydrogen-bond donors (Lipinski definition) is 1. The van der Waals surface area contributed by atoms with E-state index in [1.54, 1.807) is 7.11 Å². The van der Waals surface area contributed by atoms with E-state index in [2.05, 4.69) is 10.2 Å². The average molecular weight is 333 g/mol. The zero-order valence-electron chi connectivity index (χ0n) is 12.9. The van der Waals surface area contributed by atoms with Crippen molar-refractivity contribution in [2.24, 2.45) is 0 Å². The van der Waals surface area contributed by atoms with Gasteiger partial charge in [0.15, 0.2) is 5.82 Å². The molecular weight excluding hydrogens is 314 g/mol. The molecule has 1 saturated heterocycles. The molecule has 3 rings (SSSR count). The molecule has 0 aliphatic carbocycles. The lowest BCUT2D eigenvalue weighted by Crippen LogP contribution is -2.29. The van der Waals surface area contributed by atoms with E-state index in [1.165, 1.54) is 16.4 Å². The molecule has 2 heterocycles. The Morgan fingerprint density at radius 2 is 2.04 bits per heavy atom. The number of para-hydroxylation sites is 1. The highest BCUT2D eigenvalue weighted by molar-refractivity contribution is 7.99. The Kier molecular flexibility index (Phi) is 4.71. The largest absolute Gasteiger partial charge is 0.496 e. The number of ether oxygens (including phenoxy) is 1. The molecule has 1 aliphatic rings. The number of nitrogen functional groups attached to an aromatic ring is 1. The molecule has 1 aromatic heterocycles. The van der Waals surface area contributed by atoms with Gasteiger partial charge in [0.05, 0.1) is 18.4 Å². The lowest BCUT2D eigenvalue weighted by molar-refractivity contribution is -0.127. The third kappa shape index (κ3) is 3.26. The van der Waals surface area contributed by atoms with E-state index in [4.69, 9.17) is 10.6 Å². The number of methoxy groups -OCH3 is 1. The van der Waals surface area contributed by atoms with Crippen molar-refractivity contribution in [3.8, 4) is 17.1 Å². The maximum Gasteiger partial charge on any atom is 0.233 e. The summed E-state index contributed by atoms with van der Waals surface area (Å²) in [4.78, 5) is 14.0. The van der Waals surface area contributed by atoms with Crippen molar-refractivity contribution in [3.63, 3.8) is 0 Å². The summed E-state index contributed by atoms with van der Waals surface area (Å²) >= 11 is 1.30. The van der Waals surface area contributed by atoms with Gasteiger partial charge in [-0.25, -0.2) is 4.68 Å². The lowest BCUT2D eigenvalue weighted by atomic mass is 10.2. The number of rotatable bonds is 5. The number of benzene rings is 1. The number of likely N-dealkylation sites (tertiary alicyclic amines) is 1. The fourth-order valence-corrected chi connectivity index (χ4v) is 3.33. The van der Waals surface area contributed by atoms with Crippen molar-refractivity contribution in [2.75, 3.05) is 31.8 Å². The van der Waals surface area contributed by atoms with E-state index in [0.29, 0.717) is 22.5 Å². The quantitative estimate of drug-likeness (QED) is 0.657. The van der Waals surface area contributed by atoms with Gasteiger partial charge in [-0.3, -0.25) is 4.79 Å². The first kappa shape index (κ1) is 15.7. The third-order valence-electron chi connectivity index (χ3n) is 3.80. The first-order valence-electron chi connectivity index (χ1n) is 7.45. The summed E-state index contributed by atoms with van der Waals surface area (Å²) in [5, 5.41) is 8.74. The van der Waals surface area contributed by atoms with Crippen LogP contribution >= 0.6 is 11.8 Å². The molecule has 8 heteroatoms. The predicted molar refractivity (Wildman–Crippen MR) is 88.7 cm³/mol. The fourth-order valence-electron chi connectivity index (χ4n) is 2.57. The van der Waals surface area contributed by atoms with Gasteiger partial charge in [0.2, 0.25) is 11.1 Å². The summed E-state index contributed by atoms with van der Waals surface area (Å²) in [5.74, 6) is 7.72. The molecule has 0 radical (unpaired) electrons. The zero-order valence-corrected chi connectivity index (χ0v) is 13.8. The minimum absolute atomic E-state index is 0.120. The molecule has 7 nitrogen and oxygen atoms in total. The highest BCUT2D eigenvalue weighted by atomic mass is 32.2. The number of aromatic nitrogens is 3. The van der Waals surface area contributed by atoms with Gasteiger partial charge < -0.3 is 15.5 Å². The van der Waals surface area contributed by atoms with E-state index in [9.17, 15) is 4.79 Å². The molecule has 0 unspecified atom stereocenters. The van der Waals surface area contributed by atoms with Crippen LogP contribution in [0.4, 0.5) is 0 Å². The SMILES string of the molecule is COc1ccccc1-c1nnc(SCC(=O)N2CCCC2)n1N. The van der Waals surface area contributed by atoms with Gasteiger partial charge in [0, 0.05) is 13.1 Å². The number of carbonyl (C=O) groups is 1. The van der Waals surface area contributed by atoms with Gasteiger partial charge in [-0.2, -0.15) is 0 Å². The van der Waals surface area contributed by atoms with E-state index in [0.717, 1.165) is 31.5 Å². The molecule has 1 amide bonds. The Hall–Kier alpha value is -2.22. The van der Waals surface area contributed by atoms with Gasteiger partial charge in [0.1, 0.15) is 5.75 Å². The smallest absolute Gasteiger partial charge is 0.233 e. The number of amides is 1. The number of nitrogens with zero attached hydrogens (tertiary/aromatic N) is 4. The van der Waals surface area contributed by atoms with E-state index >= 15 is 0 Å². The maximum atomic E-state index is 12.1. The Labute approximate surface area is 138 Å². The van der Waals surface area contributed by atoms with Crippen LogP contribution in [-0.4, -0.2) is 51.6 Å². The Bertz CT molecular complexity index is 697. The van der Waals surface area contributed by atoms with Crippen molar-refractivity contribution in [3.05, 3.63) is 24.3 Å². The van der Waals surface area contributed by atoms with Crippen LogP contribution in [0.3, 0.4) is 0 Å². The monoisotopic (exact) mass is 333 g/mol. The van der Waals surface area contributed by atoms with Crippen LogP contribution in [0.25, 0.3) is 11.4 Å². The van der Waals surface area contributed by atoms with E-state index < -0.39 is 0 Å². The molecule has 1 aromatic carbocycles. The predicted octanol–water partition coefficient (Wildman–Crippen LogP) is 1.38. The molecule has 1 aliphatic heterocycles. The summed E-state index contributed by atoms with van der Waals surface area (Å²) in [6, 6.07) is 7.48. The molecular formula is C15H19N5O2S. The number of thioether (sulfide) groups is 1. The summed E-state index contributed by atoms with van der Waals surface area (Å²) in [7, 11) is 1.60. The molecule has 23 heavy (non-hydrogen) atoms. The molecule has 0 atom stereocenters. The fraction of sp³-hybridized carbons (Fsp3) is 0.400. The van der Waals surface area contributed by atoms with Crippen LogP contribution in [0.2, 0.25) is 0 Å². The van der Waals surface area contributed by atoms with Crippen LogP contribution in [0, 0.1) is 0 Å². The number of carbonyl (C=O) groups excluding carboxylic acids is 1. The van der Waals surface area contributed by atoms with Crippen LogP contribution < -0.4 is 10.6 Å². The second kappa shape index (κ2) is 6.91. The summed E-state index contributed by atoms with van der Waals surface area (Å²) < 4.78 is 6.73.